The van der Waals surface area contributed by atoms with Crippen LogP contribution in [0.5, 0.6) is 23.0 Å². The predicted octanol–water partition coefficient (Wildman–Crippen LogP) is 4.61. The van der Waals surface area contributed by atoms with Crippen LogP contribution in [0.4, 0.5) is 0 Å². The van der Waals surface area contributed by atoms with Gasteiger partial charge in [0, 0.05) is 11.5 Å². The monoisotopic (exact) mass is 354 g/mol. The topological polar surface area (TPSA) is 47.9 Å². The number of rotatable bonds is 3. The normalized spacial score (nSPS) is 20.3. The Morgan fingerprint density at radius 2 is 2.08 bits per heavy atom. The number of benzene rings is 2. The summed E-state index contributed by atoms with van der Waals surface area (Å²) < 4.78 is 17.7. The molecule has 2 aromatic carbocycles. The zero-order valence-corrected chi connectivity index (χ0v) is 15.7. The van der Waals surface area contributed by atoms with Crippen molar-refractivity contribution in [3.05, 3.63) is 47.0 Å². The number of phenolic OH excluding ortho intramolecular Hbond substituents is 1. The Morgan fingerprint density at radius 1 is 1.23 bits per heavy atom. The maximum absolute atomic E-state index is 10.2. The molecule has 0 radical (unpaired) electrons. The Balaban J connectivity index is 1.58. The molecule has 0 aliphatic carbocycles. The molecule has 0 bridgehead atoms. The lowest BCUT2D eigenvalue weighted by Crippen LogP contribution is -2.33. The SMILES string of the molecule is CCOc1ccc(C2COc3c(ccc4c3CCC(C)(C)O4)C2)cc1O. The molecule has 0 aromatic heterocycles. The van der Waals surface area contributed by atoms with E-state index in [0.717, 1.165) is 36.3 Å². The van der Waals surface area contributed by atoms with Gasteiger partial charge in [0.05, 0.1) is 13.2 Å². The molecule has 138 valence electrons. The second kappa shape index (κ2) is 6.42. The number of phenols is 1. The first kappa shape index (κ1) is 17.1. The first-order valence-electron chi connectivity index (χ1n) is 9.39. The Kier molecular flexibility index (Phi) is 4.22. The van der Waals surface area contributed by atoms with Gasteiger partial charge < -0.3 is 19.3 Å². The van der Waals surface area contributed by atoms with Gasteiger partial charge in [-0.05, 0) is 69.4 Å². The molecule has 2 heterocycles. The molecule has 4 nitrogen and oxygen atoms in total. The lowest BCUT2D eigenvalue weighted by Gasteiger charge is -2.35. The van der Waals surface area contributed by atoms with Gasteiger partial charge in [0.1, 0.15) is 17.1 Å². The van der Waals surface area contributed by atoms with Crippen molar-refractivity contribution >= 4 is 0 Å². The molecule has 2 aliphatic rings. The number of aromatic hydroxyl groups is 1. The highest BCUT2D eigenvalue weighted by Crippen LogP contribution is 2.44. The van der Waals surface area contributed by atoms with E-state index in [9.17, 15) is 5.11 Å². The van der Waals surface area contributed by atoms with Crippen LogP contribution in [0, 0.1) is 0 Å². The Hall–Kier alpha value is -2.36. The van der Waals surface area contributed by atoms with Gasteiger partial charge in [-0.2, -0.15) is 0 Å². The minimum Gasteiger partial charge on any atom is -0.504 e. The van der Waals surface area contributed by atoms with Crippen molar-refractivity contribution in [1.29, 1.82) is 0 Å². The van der Waals surface area contributed by atoms with E-state index in [0.29, 0.717) is 19.0 Å². The average molecular weight is 354 g/mol. The molecule has 1 unspecified atom stereocenters. The van der Waals surface area contributed by atoms with Gasteiger partial charge in [-0.1, -0.05) is 12.1 Å². The second-order valence-corrected chi connectivity index (χ2v) is 7.76. The molecule has 26 heavy (non-hydrogen) atoms. The fraction of sp³-hybridized carbons (Fsp3) is 0.455. The summed E-state index contributed by atoms with van der Waals surface area (Å²) in [6.07, 6.45) is 2.88. The third kappa shape index (κ3) is 3.09. The third-order valence-corrected chi connectivity index (χ3v) is 5.31. The minimum absolute atomic E-state index is 0.113. The first-order chi connectivity index (χ1) is 12.5. The Labute approximate surface area is 154 Å². The fourth-order valence-corrected chi connectivity index (χ4v) is 3.89. The zero-order valence-electron chi connectivity index (χ0n) is 15.7. The van der Waals surface area contributed by atoms with Crippen molar-refractivity contribution in [1.82, 2.24) is 0 Å². The molecule has 0 spiro atoms. The molecule has 4 rings (SSSR count). The molecule has 2 aliphatic heterocycles. The van der Waals surface area contributed by atoms with E-state index >= 15 is 0 Å². The summed E-state index contributed by atoms with van der Waals surface area (Å²) in [6, 6.07) is 9.86. The molecule has 0 saturated carbocycles. The molecule has 4 heteroatoms. The average Bonchev–Trinajstić information content (AvgIpc) is 2.62. The molecule has 0 amide bonds. The van der Waals surface area contributed by atoms with E-state index in [-0.39, 0.29) is 17.3 Å². The number of hydrogen-bond acceptors (Lipinski definition) is 4. The van der Waals surface area contributed by atoms with Crippen LogP contribution in [0.1, 0.15) is 49.8 Å². The van der Waals surface area contributed by atoms with E-state index < -0.39 is 0 Å². The van der Waals surface area contributed by atoms with Crippen LogP contribution in [0.25, 0.3) is 0 Å². The quantitative estimate of drug-likeness (QED) is 0.874. The highest BCUT2D eigenvalue weighted by Gasteiger charge is 2.32. The standard InChI is InChI=1S/C22H26O4/c1-4-24-20-8-5-14(12-18(20)23)16-11-15-6-7-19-17(21(15)25-13-16)9-10-22(2,3)26-19/h5-8,12,16,23H,4,9-11,13H2,1-3H3. The molecular weight excluding hydrogens is 328 g/mol. The smallest absolute Gasteiger partial charge is 0.160 e. The number of ether oxygens (including phenoxy) is 3. The number of hydrogen-bond donors (Lipinski definition) is 1. The summed E-state index contributed by atoms with van der Waals surface area (Å²) in [5.41, 5.74) is 3.39. The predicted molar refractivity (Wildman–Crippen MR) is 101 cm³/mol. The van der Waals surface area contributed by atoms with E-state index in [1.165, 1.54) is 11.1 Å². The van der Waals surface area contributed by atoms with E-state index in [4.69, 9.17) is 14.2 Å². The second-order valence-electron chi connectivity index (χ2n) is 7.76. The van der Waals surface area contributed by atoms with Crippen LogP contribution in [0.2, 0.25) is 0 Å². The van der Waals surface area contributed by atoms with Gasteiger partial charge in [-0.25, -0.2) is 0 Å². The molecule has 0 fully saturated rings. The van der Waals surface area contributed by atoms with Gasteiger partial charge in [0.2, 0.25) is 0 Å². The largest absolute Gasteiger partial charge is 0.504 e. The summed E-state index contributed by atoms with van der Waals surface area (Å²) in [6.45, 7) is 7.32. The summed E-state index contributed by atoms with van der Waals surface area (Å²) in [5, 5.41) is 10.2. The summed E-state index contributed by atoms with van der Waals surface area (Å²) in [5.74, 6) is 2.91. The molecular formula is C22H26O4. The van der Waals surface area contributed by atoms with Crippen molar-refractivity contribution in [3.63, 3.8) is 0 Å². The van der Waals surface area contributed by atoms with Crippen LogP contribution < -0.4 is 14.2 Å². The van der Waals surface area contributed by atoms with Crippen LogP contribution in [-0.4, -0.2) is 23.9 Å². The molecule has 0 saturated heterocycles. The van der Waals surface area contributed by atoms with Crippen molar-refractivity contribution in [2.45, 2.75) is 51.6 Å². The molecule has 1 N–H and O–H groups in total. The maximum Gasteiger partial charge on any atom is 0.160 e. The Bertz CT molecular complexity index is 825. The van der Waals surface area contributed by atoms with Gasteiger partial charge in [-0.15, -0.1) is 0 Å². The van der Waals surface area contributed by atoms with Crippen LogP contribution >= 0.6 is 0 Å². The van der Waals surface area contributed by atoms with Crippen LogP contribution in [0.15, 0.2) is 30.3 Å². The zero-order chi connectivity index (χ0) is 18.3. The summed E-state index contributed by atoms with van der Waals surface area (Å²) in [7, 11) is 0. The van der Waals surface area contributed by atoms with Gasteiger partial charge in [0.15, 0.2) is 11.5 Å². The van der Waals surface area contributed by atoms with E-state index in [1.807, 2.05) is 19.1 Å². The molecule has 1 atom stereocenters. The highest BCUT2D eigenvalue weighted by molar-refractivity contribution is 5.53. The Morgan fingerprint density at radius 3 is 2.85 bits per heavy atom. The summed E-state index contributed by atoms with van der Waals surface area (Å²) in [4.78, 5) is 0. The van der Waals surface area contributed by atoms with Gasteiger partial charge in [0.25, 0.3) is 0 Å². The first-order valence-corrected chi connectivity index (χ1v) is 9.39. The number of fused-ring (bicyclic) bond motifs is 3. The van der Waals surface area contributed by atoms with Crippen LogP contribution in [-0.2, 0) is 12.8 Å². The molecule has 2 aromatic rings. The van der Waals surface area contributed by atoms with E-state index in [2.05, 4.69) is 26.0 Å². The maximum atomic E-state index is 10.2. The summed E-state index contributed by atoms with van der Waals surface area (Å²) >= 11 is 0. The van der Waals surface area contributed by atoms with E-state index in [1.54, 1.807) is 6.07 Å². The minimum atomic E-state index is -0.113. The van der Waals surface area contributed by atoms with Crippen molar-refractivity contribution in [2.75, 3.05) is 13.2 Å². The van der Waals surface area contributed by atoms with Crippen LogP contribution in [0.3, 0.4) is 0 Å². The van der Waals surface area contributed by atoms with Crippen molar-refractivity contribution in [2.24, 2.45) is 0 Å². The lowest BCUT2D eigenvalue weighted by atomic mass is 9.86. The van der Waals surface area contributed by atoms with Gasteiger partial charge >= 0.3 is 0 Å². The lowest BCUT2D eigenvalue weighted by molar-refractivity contribution is 0.0827. The van der Waals surface area contributed by atoms with Crippen molar-refractivity contribution in [3.8, 4) is 23.0 Å². The van der Waals surface area contributed by atoms with Gasteiger partial charge in [-0.3, -0.25) is 0 Å². The fourth-order valence-electron chi connectivity index (χ4n) is 3.89. The van der Waals surface area contributed by atoms with Crippen molar-refractivity contribution < 1.29 is 19.3 Å². The highest BCUT2D eigenvalue weighted by atomic mass is 16.5. The third-order valence-electron chi connectivity index (χ3n) is 5.31.